The summed E-state index contributed by atoms with van der Waals surface area (Å²) in [5.74, 6) is 0. The van der Waals surface area contributed by atoms with Gasteiger partial charge in [0.05, 0.1) is 41.9 Å². The van der Waals surface area contributed by atoms with E-state index in [-0.39, 0.29) is 41.3 Å². The number of carbonyl (C=O) groups excluding carboxylic acids is 1. The lowest BCUT2D eigenvalue weighted by atomic mass is 10.0. The van der Waals surface area contributed by atoms with Crippen LogP contribution in [0.4, 0.5) is 10.5 Å². The van der Waals surface area contributed by atoms with Crippen molar-refractivity contribution in [1.29, 1.82) is 0 Å². The van der Waals surface area contributed by atoms with E-state index in [0.29, 0.717) is 25.6 Å². The van der Waals surface area contributed by atoms with Crippen LogP contribution in [0, 0.1) is 0 Å². The SMILES string of the molecule is C[C@@H]1CN(c2cc(S(=O)(=O)NC3(C)CC3)cc3c2cnn3C2CCN(C(=O)OCc3ccccc3)C2)C[C@H](C)N1C1COC1. The zero-order chi connectivity index (χ0) is 30.6. The van der Waals surface area contributed by atoms with Crippen molar-refractivity contribution in [3.8, 4) is 0 Å². The largest absolute Gasteiger partial charge is 0.445 e. The number of benzene rings is 2. The quantitative estimate of drug-likeness (QED) is 0.405. The molecule has 236 valence electrons. The number of rotatable bonds is 8. The topological polar surface area (TPSA) is 109 Å². The number of fused-ring (bicyclic) bond motifs is 1. The van der Waals surface area contributed by atoms with E-state index in [1.807, 2.05) is 54.2 Å². The van der Waals surface area contributed by atoms with Gasteiger partial charge in [-0.15, -0.1) is 0 Å². The molecule has 3 atom stereocenters. The van der Waals surface area contributed by atoms with E-state index in [9.17, 15) is 13.2 Å². The Labute approximate surface area is 259 Å². The Hall–Kier alpha value is -3.19. The highest BCUT2D eigenvalue weighted by atomic mass is 32.2. The number of anilines is 1. The molecule has 1 aliphatic carbocycles. The van der Waals surface area contributed by atoms with E-state index in [1.54, 1.807) is 11.0 Å². The maximum absolute atomic E-state index is 13.7. The van der Waals surface area contributed by atoms with Crippen LogP contribution in [0.3, 0.4) is 0 Å². The van der Waals surface area contributed by atoms with Crippen LogP contribution < -0.4 is 9.62 Å². The molecule has 3 saturated heterocycles. The third kappa shape index (κ3) is 5.68. The molecular formula is C32H42N6O5S. The molecular weight excluding hydrogens is 580 g/mol. The van der Waals surface area contributed by atoms with E-state index in [4.69, 9.17) is 14.6 Å². The third-order valence-electron chi connectivity index (χ3n) is 9.70. The molecule has 11 nitrogen and oxygen atoms in total. The lowest BCUT2D eigenvalue weighted by molar-refractivity contribution is -0.0940. The molecule has 0 bridgehead atoms. The Bertz CT molecular complexity index is 1630. The van der Waals surface area contributed by atoms with E-state index in [2.05, 4.69) is 28.4 Å². The minimum Gasteiger partial charge on any atom is -0.445 e. The highest BCUT2D eigenvalue weighted by molar-refractivity contribution is 7.89. The van der Waals surface area contributed by atoms with Crippen molar-refractivity contribution in [3.63, 3.8) is 0 Å². The van der Waals surface area contributed by atoms with Crippen LogP contribution in [0.25, 0.3) is 10.9 Å². The summed E-state index contributed by atoms with van der Waals surface area (Å²) in [5, 5.41) is 5.73. The summed E-state index contributed by atoms with van der Waals surface area (Å²) in [7, 11) is -3.76. The van der Waals surface area contributed by atoms with Gasteiger partial charge in [-0.2, -0.15) is 5.10 Å². The number of likely N-dealkylation sites (tertiary alicyclic amines) is 1. The first-order valence-corrected chi connectivity index (χ1v) is 17.2. The lowest BCUT2D eigenvalue weighted by Gasteiger charge is -2.51. The number of nitrogens with one attached hydrogen (secondary N) is 1. The van der Waals surface area contributed by atoms with Crippen molar-refractivity contribution in [1.82, 2.24) is 24.3 Å². The summed E-state index contributed by atoms with van der Waals surface area (Å²) < 4.78 is 43.4. The smallest absolute Gasteiger partial charge is 0.410 e. The fourth-order valence-electron chi connectivity index (χ4n) is 7.05. The highest BCUT2D eigenvalue weighted by Gasteiger charge is 2.42. The number of hydrogen-bond acceptors (Lipinski definition) is 8. The first-order chi connectivity index (χ1) is 21.1. The van der Waals surface area contributed by atoms with Gasteiger partial charge >= 0.3 is 6.09 Å². The highest BCUT2D eigenvalue weighted by Crippen LogP contribution is 2.39. The van der Waals surface area contributed by atoms with Crippen molar-refractivity contribution in [2.45, 2.75) is 81.2 Å². The van der Waals surface area contributed by atoms with Gasteiger partial charge in [0.2, 0.25) is 10.0 Å². The van der Waals surface area contributed by atoms with Crippen molar-refractivity contribution in [2.75, 3.05) is 44.3 Å². The second kappa shape index (κ2) is 11.3. The molecule has 4 fully saturated rings. The molecule has 0 radical (unpaired) electrons. The Morgan fingerprint density at radius 3 is 2.45 bits per heavy atom. The van der Waals surface area contributed by atoms with Gasteiger partial charge in [-0.05, 0) is 57.7 Å². The van der Waals surface area contributed by atoms with Crippen molar-refractivity contribution >= 4 is 32.7 Å². The normalized spacial score (nSPS) is 25.8. The Balaban J connectivity index is 1.17. The van der Waals surface area contributed by atoms with E-state index < -0.39 is 10.0 Å². The number of piperazine rings is 1. The van der Waals surface area contributed by atoms with Gasteiger partial charge in [0, 0.05) is 54.9 Å². The van der Waals surface area contributed by atoms with Crippen LogP contribution in [-0.4, -0.2) is 97.1 Å². The van der Waals surface area contributed by atoms with E-state index >= 15 is 0 Å². The number of aromatic nitrogens is 2. The molecule has 1 saturated carbocycles. The number of hydrogen-bond donors (Lipinski definition) is 1. The molecule has 3 aromatic rings. The number of carbonyl (C=O) groups is 1. The summed E-state index contributed by atoms with van der Waals surface area (Å²) in [6.45, 7) is 10.7. The third-order valence-corrected chi connectivity index (χ3v) is 11.3. The first-order valence-electron chi connectivity index (χ1n) is 15.7. The van der Waals surface area contributed by atoms with Crippen LogP contribution in [-0.2, 0) is 26.1 Å². The van der Waals surface area contributed by atoms with Gasteiger partial charge in [-0.3, -0.25) is 9.58 Å². The Morgan fingerprint density at radius 2 is 1.80 bits per heavy atom. The molecule has 1 aromatic heterocycles. The Morgan fingerprint density at radius 1 is 1.07 bits per heavy atom. The van der Waals surface area contributed by atoms with Crippen LogP contribution in [0.5, 0.6) is 0 Å². The molecule has 12 heteroatoms. The fraction of sp³-hybridized carbons (Fsp3) is 0.562. The summed E-state index contributed by atoms with van der Waals surface area (Å²) in [6.07, 6.45) is 3.88. The van der Waals surface area contributed by atoms with Gasteiger partial charge in [0.1, 0.15) is 6.61 Å². The van der Waals surface area contributed by atoms with Crippen LogP contribution in [0.2, 0.25) is 0 Å². The van der Waals surface area contributed by atoms with Crippen molar-refractivity contribution in [2.24, 2.45) is 0 Å². The predicted molar refractivity (Wildman–Crippen MR) is 167 cm³/mol. The summed E-state index contributed by atoms with van der Waals surface area (Å²) in [5.41, 5.74) is 2.20. The van der Waals surface area contributed by atoms with Crippen molar-refractivity contribution in [3.05, 3.63) is 54.2 Å². The zero-order valence-electron chi connectivity index (χ0n) is 25.7. The maximum atomic E-state index is 13.7. The molecule has 1 N–H and O–H groups in total. The zero-order valence-corrected chi connectivity index (χ0v) is 26.5. The molecule has 1 unspecified atom stereocenters. The average molecular weight is 623 g/mol. The van der Waals surface area contributed by atoms with Crippen LogP contribution in [0.1, 0.15) is 51.6 Å². The predicted octanol–water partition coefficient (Wildman–Crippen LogP) is 3.75. The number of amides is 1. The second-order valence-corrected chi connectivity index (χ2v) is 15.0. The standard InChI is InChI=1S/C32H42N6O5S/c1-22-16-36(17-23(2)37(22)26-20-42-21-26)29-13-27(44(40,41)34-32(3)10-11-32)14-30-28(29)15-33-38(30)25-9-12-35(18-25)31(39)43-19-24-7-5-4-6-8-24/h4-8,13-15,22-23,25-26,34H,9-12,16-21H2,1-3H3/t22-,23+,25?. The molecule has 4 heterocycles. The summed E-state index contributed by atoms with van der Waals surface area (Å²) in [6, 6.07) is 14.1. The van der Waals surface area contributed by atoms with Gasteiger partial charge < -0.3 is 19.3 Å². The minimum absolute atomic E-state index is 0.0928. The molecule has 0 spiro atoms. The minimum atomic E-state index is -3.76. The number of ether oxygens (including phenoxy) is 2. The first kappa shape index (κ1) is 29.5. The molecule has 44 heavy (non-hydrogen) atoms. The molecule has 3 aliphatic heterocycles. The lowest BCUT2D eigenvalue weighted by Crippen LogP contribution is -2.64. The molecule has 7 rings (SSSR count). The maximum Gasteiger partial charge on any atom is 0.410 e. The fourth-order valence-corrected chi connectivity index (χ4v) is 8.55. The molecule has 2 aromatic carbocycles. The van der Waals surface area contributed by atoms with Crippen molar-refractivity contribution < 1.29 is 22.7 Å². The van der Waals surface area contributed by atoms with Gasteiger partial charge in [-0.25, -0.2) is 17.9 Å². The monoisotopic (exact) mass is 622 g/mol. The summed E-state index contributed by atoms with van der Waals surface area (Å²) in [4.78, 5) is 19.7. The molecule has 1 amide bonds. The number of sulfonamides is 1. The second-order valence-electron chi connectivity index (χ2n) is 13.3. The van der Waals surface area contributed by atoms with Crippen LogP contribution >= 0.6 is 0 Å². The Kier molecular flexibility index (Phi) is 7.59. The molecule has 4 aliphatic rings. The van der Waals surface area contributed by atoms with E-state index in [0.717, 1.165) is 61.3 Å². The van der Waals surface area contributed by atoms with E-state index in [1.165, 1.54) is 0 Å². The van der Waals surface area contributed by atoms with Gasteiger partial charge in [-0.1, -0.05) is 30.3 Å². The van der Waals surface area contributed by atoms with Crippen LogP contribution in [0.15, 0.2) is 53.6 Å². The summed E-state index contributed by atoms with van der Waals surface area (Å²) >= 11 is 0. The number of nitrogens with zero attached hydrogens (tertiary/aromatic N) is 5. The van der Waals surface area contributed by atoms with Gasteiger partial charge in [0.15, 0.2) is 0 Å². The average Bonchev–Trinajstić information content (AvgIpc) is 3.33. The van der Waals surface area contributed by atoms with Gasteiger partial charge in [0.25, 0.3) is 0 Å².